The van der Waals surface area contributed by atoms with Crippen molar-refractivity contribution in [2.75, 3.05) is 0 Å². The quantitative estimate of drug-likeness (QED) is 0.699. The van der Waals surface area contributed by atoms with Crippen LogP contribution in [0.1, 0.15) is 26.8 Å². The van der Waals surface area contributed by atoms with E-state index >= 15 is 0 Å². The molecule has 0 aliphatic heterocycles. The summed E-state index contributed by atoms with van der Waals surface area (Å²) in [6, 6.07) is -0.396. The van der Waals surface area contributed by atoms with Crippen LogP contribution in [0.15, 0.2) is 12.7 Å². The third-order valence-electron chi connectivity index (χ3n) is 2.16. The first kappa shape index (κ1) is 11.6. The Bertz CT molecular complexity index is 308. The molecule has 1 aromatic heterocycles. The van der Waals surface area contributed by atoms with Gasteiger partial charge in [-0.2, -0.15) is 5.10 Å². The van der Waals surface area contributed by atoms with E-state index in [9.17, 15) is 4.79 Å². The van der Waals surface area contributed by atoms with Crippen molar-refractivity contribution in [3.05, 3.63) is 12.7 Å². The molecule has 0 fully saturated rings. The van der Waals surface area contributed by atoms with Crippen molar-refractivity contribution in [1.82, 2.24) is 20.1 Å². The van der Waals surface area contributed by atoms with Gasteiger partial charge in [0.15, 0.2) is 0 Å². The molecule has 0 radical (unpaired) electrons. The number of nitrogens with one attached hydrogen (secondary N) is 1. The van der Waals surface area contributed by atoms with Crippen molar-refractivity contribution in [3.63, 3.8) is 0 Å². The molecular weight excluding hydrogens is 194 g/mol. The molecule has 2 atom stereocenters. The summed E-state index contributed by atoms with van der Waals surface area (Å²) in [4.78, 5) is 15.1. The SMILES string of the molecule is CC(C)NC(C(N)=O)C(C)n1cncn1. The van der Waals surface area contributed by atoms with Crippen molar-refractivity contribution < 1.29 is 4.79 Å². The van der Waals surface area contributed by atoms with Crippen LogP contribution in [0.3, 0.4) is 0 Å². The summed E-state index contributed by atoms with van der Waals surface area (Å²) in [6.07, 6.45) is 3.01. The minimum Gasteiger partial charge on any atom is -0.368 e. The molecule has 6 nitrogen and oxygen atoms in total. The molecule has 0 aliphatic carbocycles. The predicted molar refractivity (Wildman–Crippen MR) is 56.0 cm³/mol. The van der Waals surface area contributed by atoms with Crippen LogP contribution in [0.2, 0.25) is 0 Å². The molecule has 0 saturated carbocycles. The van der Waals surface area contributed by atoms with Gasteiger partial charge >= 0.3 is 0 Å². The van der Waals surface area contributed by atoms with Gasteiger partial charge in [-0.3, -0.25) is 4.79 Å². The topological polar surface area (TPSA) is 85.8 Å². The van der Waals surface area contributed by atoms with Crippen molar-refractivity contribution >= 4 is 5.91 Å². The van der Waals surface area contributed by atoms with E-state index in [2.05, 4.69) is 15.4 Å². The average molecular weight is 211 g/mol. The van der Waals surface area contributed by atoms with E-state index in [-0.39, 0.29) is 18.0 Å². The van der Waals surface area contributed by atoms with Gasteiger partial charge in [-0.25, -0.2) is 9.67 Å². The van der Waals surface area contributed by atoms with Gasteiger partial charge in [0, 0.05) is 6.04 Å². The second-order valence-corrected chi connectivity index (χ2v) is 3.82. The van der Waals surface area contributed by atoms with E-state index < -0.39 is 6.04 Å². The first-order valence-corrected chi connectivity index (χ1v) is 4.92. The smallest absolute Gasteiger partial charge is 0.236 e. The Morgan fingerprint density at radius 3 is 2.53 bits per heavy atom. The monoisotopic (exact) mass is 211 g/mol. The number of primary amides is 1. The molecule has 0 saturated heterocycles. The Balaban J connectivity index is 2.76. The molecule has 0 aliphatic rings. The first-order chi connectivity index (χ1) is 7.02. The molecule has 1 aromatic rings. The normalized spacial score (nSPS) is 15.2. The van der Waals surface area contributed by atoms with Gasteiger partial charge in [-0.05, 0) is 6.92 Å². The maximum absolute atomic E-state index is 11.3. The molecule has 6 heteroatoms. The highest BCUT2D eigenvalue weighted by molar-refractivity contribution is 5.80. The highest BCUT2D eigenvalue weighted by atomic mass is 16.1. The maximum atomic E-state index is 11.3. The number of rotatable bonds is 5. The van der Waals surface area contributed by atoms with E-state index in [0.717, 1.165) is 0 Å². The standard InChI is InChI=1S/C9H17N5O/c1-6(2)13-8(9(10)15)7(3)14-5-11-4-12-14/h4-8,13H,1-3H3,(H2,10,15). The summed E-state index contributed by atoms with van der Waals surface area (Å²) in [7, 11) is 0. The van der Waals surface area contributed by atoms with Crippen LogP contribution >= 0.6 is 0 Å². The lowest BCUT2D eigenvalue weighted by atomic mass is 10.1. The van der Waals surface area contributed by atoms with Crippen LogP contribution in [0, 0.1) is 0 Å². The average Bonchev–Trinajstić information content (AvgIpc) is 2.65. The molecule has 15 heavy (non-hydrogen) atoms. The number of hydrogen-bond donors (Lipinski definition) is 2. The molecule has 0 bridgehead atoms. The van der Waals surface area contributed by atoms with E-state index in [1.807, 2.05) is 20.8 Å². The summed E-state index contributed by atoms with van der Waals surface area (Å²) in [5, 5.41) is 7.09. The van der Waals surface area contributed by atoms with Gasteiger partial charge < -0.3 is 11.1 Å². The zero-order valence-electron chi connectivity index (χ0n) is 9.21. The lowest BCUT2D eigenvalue weighted by Crippen LogP contribution is -2.49. The fourth-order valence-corrected chi connectivity index (χ4v) is 1.40. The number of amides is 1. The second-order valence-electron chi connectivity index (χ2n) is 3.82. The summed E-state index contributed by atoms with van der Waals surface area (Å²) in [5.41, 5.74) is 5.33. The van der Waals surface area contributed by atoms with Gasteiger partial charge in [-0.1, -0.05) is 13.8 Å². The Kier molecular flexibility index (Phi) is 3.79. The van der Waals surface area contributed by atoms with E-state index in [1.54, 1.807) is 11.0 Å². The Morgan fingerprint density at radius 1 is 1.47 bits per heavy atom. The minimum atomic E-state index is -0.438. The van der Waals surface area contributed by atoms with Gasteiger partial charge in [0.2, 0.25) is 5.91 Å². The lowest BCUT2D eigenvalue weighted by molar-refractivity contribution is -0.121. The number of carbonyl (C=O) groups excluding carboxylic acids is 1. The van der Waals surface area contributed by atoms with Crippen molar-refractivity contribution in [2.24, 2.45) is 5.73 Å². The van der Waals surface area contributed by atoms with E-state index in [4.69, 9.17) is 5.73 Å². The van der Waals surface area contributed by atoms with Crippen LogP contribution in [0.25, 0.3) is 0 Å². The van der Waals surface area contributed by atoms with Crippen LogP contribution < -0.4 is 11.1 Å². The zero-order chi connectivity index (χ0) is 11.4. The number of carbonyl (C=O) groups is 1. The summed E-state index contributed by atoms with van der Waals surface area (Å²) < 4.78 is 1.62. The summed E-state index contributed by atoms with van der Waals surface area (Å²) in [6.45, 7) is 5.80. The third kappa shape index (κ3) is 3.02. The summed E-state index contributed by atoms with van der Waals surface area (Å²) in [5.74, 6) is -0.383. The molecule has 2 unspecified atom stereocenters. The van der Waals surface area contributed by atoms with Crippen molar-refractivity contribution in [2.45, 2.75) is 38.9 Å². The number of hydrogen-bond acceptors (Lipinski definition) is 4. The molecular formula is C9H17N5O. The molecule has 0 spiro atoms. The third-order valence-corrected chi connectivity index (χ3v) is 2.16. The lowest BCUT2D eigenvalue weighted by Gasteiger charge is -2.24. The van der Waals surface area contributed by atoms with E-state index in [0.29, 0.717) is 0 Å². The Hall–Kier alpha value is -1.43. The zero-order valence-corrected chi connectivity index (χ0v) is 9.21. The van der Waals surface area contributed by atoms with Gasteiger partial charge in [0.1, 0.15) is 18.7 Å². The van der Waals surface area contributed by atoms with Gasteiger partial charge in [-0.15, -0.1) is 0 Å². The molecule has 1 rings (SSSR count). The van der Waals surface area contributed by atoms with Crippen LogP contribution in [-0.4, -0.2) is 32.8 Å². The molecule has 1 heterocycles. The Labute approximate surface area is 88.9 Å². The fraction of sp³-hybridized carbons (Fsp3) is 0.667. The van der Waals surface area contributed by atoms with Crippen molar-refractivity contribution in [3.8, 4) is 0 Å². The van der Waals surface area contributed by atoms with Gasteiger partial charge in [0.25, 0.3) is 0 Å². The molecule has 1 amide bonds. The molecule has 84 valence electrons. The van der Waals surface area contributed by atoms with Crippen LogP contribution in [0.5, 0.6) is 0 Å². The second kappa shape index (κ2) is 4.88. The molecule has 3 N–H and O–H groups in total. The number of aromatic nitrogens is 3. The van der Waals surface area contributed by atoms with Crippen LogP contribution in [-0.2, 0) is 4.79 Å². The first-order valence-electron chi connectivity index (χ1n) is 4.92. The predicted octanol–water partition coefficient (Wildman–Crippen LogP) is -0.309. The number of nitrogens with zero attached hydrogens (tertiary/aromatic N) is 3. The van der Waals surface area contributed by atoms with Crippen LogP contribution in [0.4, 0.5) is 0 Å². The fourth-order valence-electron chi connectivity index (χ4n) is 1.40. The highest BCUT2D eigenvalue weighted by Gasteiger charge is 2.24. The largest absolute Gasteiger partial charge is 0.368 e. The Morgan fingerprint density at radius 2 is 2.13 bits per heavy atom. The minimum absolute atomic E-state index is 0.146. The van der Waals surface area contributed by atoms with E-state index in [1.165, 1.54) is 6.33 Å². The van der Waals surface area contributed by atoms with Crippen molar-refractivity contribution in [1.29, 1.82) is 0 Å². The summed E-state index contributed by atoms with van der Waals surface area (Å²) >= 11 is 0. The molecule has 0 aromatic carbocycles. The van der Waals surface area contributed by atoms with Gasteiger partial charge in [0.05, 0.1) is 6.04 Å². The maximum Gasteiger partial charge on any atom is 0.236 e. The number of nitrogens with two attached hydrogens (primary N) is 1. The highest BCUT2D eigenvalue weighted by Crippen LogP contribution is 2.09.